The van der Waals surface area contributed by atoms with Gasteiger partial charge in [0.05, 0.1) is 0 Å². The number of piperazine rings is 1. The van der Waals surface area contributed by atoms with Crippen LogP contribution < -0.4 is 0 Å². The Hall–Kier alpha value is -1.91. The van der Waals surface area contributed by atoms with E-state index in [0.717, 1.165) is 5.56 Å². The van der Waals surface area contributed by atoms with Crippen molar-refractivity contribution in [3.8, 4) is 0 Å². The molecule has 1 aliphatic rings. The van der Waals surface area contributed by atoms with E-state index in [4.69, 9.17) is 0 Å². The van der Waals surface area contributed by atoms with Crippen molar-refractivity contribution in [2.45, 2.75) is 40.0 Å². The third-order valence-electron chi connectivity index (χ3n) is 4.18. The van der Waals surface area contributed by atoms with E-state index in [0.29, 0.717) is 45.4 Å². The molecule has 1 aromatic rings. The van der Waals surface area contributed by atoms with Gasteiger partial charge in [0, 0.05) is 39.0 Å². The topological polar surface area (TPSA) is 40.6 Å². The van der Waals surface area contributed by atoms with E-state index in [1.807, 2.05) is 11.0 Å². The highest BCUT2D eigenvalue weighted by atomic mass is 19.1. The third kappa shape index (κ3) is 5.62. The summed E-state index contributed by atoms with van der Waals surface area (Å²) >= 11 is 0. The van der Waals surface area contributed by atoms with Crippen molar-refractivity contribution in [3.05, 3.63) is 35.6 Å². The summed E-state index contributed by atoms with van der Waals surface area (Å²) in [5.74, 6) is -0.0394. The summed E-state index contributed by atoms with van der Waals surface area (Å²) in [5.41, 5.74) is 0.817. The predicted molar refractivity (Wildman–Crippen MR) is 92.0 cm³/mol. The predicted octanol–water partition coefficient (Wildman–Crippen LogP) is 2.87. The van der Waals surface area contributed by atoms with Crippen molar-refractivity contribution in [3.63, 3.8) is 0 Å². The zero-order valence-electron chi connectivity index (χ0n) is 14.8. The van der Waals surface area contributed by atoms with Crippen LogP contribution in [-0.2, 0) is 16.0 Å². The average molecular weight is 334 g/mol. The van der Waals surface area contributed by atoms with Crippen LogP contribution in [0.4, 0.5) is 4.39 Å². The van der Waals surface area contributed by atoms with E-state index in [9.17, 15) is 14.0 Å². The van der Waals surface area contributed by atoms with Gasteiger partial charge in [-0.2, -0.15) is 0 Å². The molecule has 1 heterocycles. The van der Waals surface area contributed by atoms with E-state index >= 15 is 0 Å². The number of nitrogens with zero attached hydrogens (tertiary/aromatic N) is 2. The second-order valence-electron chi connectivity index (χ2n) is 7.63. The maximum atomic E-state index is 13.1. The molecule has 0 aliphatic carbocycles. The molecule has 4 nitrogen and oxygen atoms in total. The molecule has 0 spiro atoms. The Kier molecular flexibility index (Phi) is 5.97. The lowest BCUT2D eigenvalue weighted by Gasteiger charge is -2.36. The molecular weight excluding hydrogens is 307 g/mol. The van der Waals surface area contributed by atoms with Crippen LogP contribution >= 0.6 is 0 Å². The third-order valence-corrected chi connectivity index (χ3v) is 4.18. The van der Waals surface area contributed by atoms with Gasteiger partial charge in [-0.3, -0.25) is 9.59 Å². The summed E-state index contributed by atoms with van der Waals surface area (Å²) in [5, 5.41) is 0. The van der Waals surface area contributed by atoms with E-state index in [1.165, 1.54) is 12.1 Å². The van der Waals surface area contributed by atoms with Gasteiger partial charge in [0.1, 0.15) is 5.82 Å². The van der Waals surface area contributed by atoms with Gasteiger partial charge >= 0.3 is 0 Å². The maximum Gasteiger partial charge on any atom is 0.223 e. The minimum absolute atomic E-state index is 0.0189. The molecule has 0 N–H and O–H groups in total. The maximum absolute atomic E-state index is 13.1. The van der Waals surface area contributed by atoms with Gasteiger partial charge in [0.2, 0.25) is 11.8 Å². The Morgan fingerprint density at radius 2 is 1.62 bits per heavy atom. The van der Waals surface area contributed by atoms with Gasteiger partial charge in [0.25, 0.3) is 0 Å². The monoisotopic (exact) mass is 334 g/mol. The summed E-state index contributed by atoms with van der Waals surface area (Å²) in [6.07, 6.45) is 1.44. The number of aryl methyl sites for hydroxylation is 1. The number of hydrogen-bond acceptors (Lipinski definition) is 2. The molecule has 0 unspecified atom stereocenters. The van der Waals surface area contributed by atoms with Gasteiger partial charge in [0.15, 0.2) is 0 Å². The van der Waals surface area contributed by atoms with Crippen molar-refractivity contribution in [2.24, 2.45) is 5.41 Å². The molecular formula is C19H27FN2O2. The lowest BCUT2D eigenvalue weighted by Crippen LogP contribution is -2.51. The Bertz CT molecular complexity index is 587. The zero-order valence-corrected chi connectivity index (χ0v) is 14.8. The number of benzene rings is 1. The Labute approximate surface area is 143 Å². The molecule has 0 atom stereocenters. The van der Waals surface area contributed by atoms with Crippen LogP contribution in [-0.4, -0.2) is 47.8 Å². The fourth-order valence-electron chi connectivity index (χ4n) is 2.87. The molecule has 24 heavy (non-hydrogen) atoms. The minimum Gasteiger partial charge on any atom is -0.339 e. The Morgan fingerprint density at radius 1 is 1.04 bits per heavy atom. The van der Waals surface area contributed by atoms with Gasteiger partial charge in [-0.1, -0.05) is 32.9 Å². The number of carbonyl (C=O) groups excluding carboxylic acids is 2. The summed E-state index contributed by atoms with van der Waals surface area (Å²) in [6, 6.07) is 6.36. The Morgan fingerprint density at radius 3 is 2.17 bits per heavy atom. The van der Waals surface area contributed by atoms with Gasteiger partial charge < -0.3 is 9.80 Å². The van der Waals surface area contributed by atoms with Crippen molar-refractivity contribution in [2.75, 3.05) is 26.2 Å². The molecule has 2 amide bonds. The molecule has 1 saturated heterocycles. The second kappa shape index (κ2) is 7.77. The molecule has 1 aromatic carbocycles. The van der Waals surface area contributed by atoms with Crippen LogP contribution in [0.15, 0.2) is 24.3 Å². The standard InChI is InChI=1S/C19H27FN2O2/c1-19(2,3)14-18(24)22-11-9-21(10-12-22)17(23)8-7-15-5-4-6-16(20)13-15/h4-6,13H,7-12,14H2,1-3H3. The van der Waals surface area contributed by atoms with Crippen molar-refractivity contribution in [1.82, 2.24) is 9.80 Å². The minimum atomic E-state index is -0.272. The first-order valence-corrected chi connectivity index (χ1v) is 8.54. The highest BCUT2D eigenvalue weighted by Gasteiger charge is 2.26. The SMILES string of the molecule is CC(C)(C)CC(=O)N1CCN(C(=O)CCc2cccc(F)c2)CC1. The van der Waals surface area contributed by atoms with Gasteiger partial charge in [-0.25, -0.2) is 4.39 Å². The van der Waals surface area contributed by atoms with Crippen LogP contribution in [0.1, 0.15) is 39.2 Å². The molecule has 2 rings (SSSR count). The fraction of sp³-hybridized carbons (Fsp3) is 0.579. The normalized spacial score (nSPS) is 15.5. The van der Waals surface area contributed by atoms with Crippen LogP contribution in [0.3, 0.4) is 0 Å². The molecule has 0 saturated carbocycles. The Balaban J connectivity index is 1.77. The van der Waals surface area contributed by atoms with Crippen LogP contribution in [0, 0.1) is 11.2 Å². The first-order valence-electron chi connectivity index (χ1n) is 8.54. The molecule has 0 bridgehead atoms. The van der Waals surface area contributed by atoms with Crippen LogP contribution in [0.5, 0.6) is 0 Å². The number of amides is 2. The zero-order chi connectivity index (χ0) is 17.7. The number of halogens is 1. The van der Waals surface area contributed by atoms with Gasteiger partial charge in [-0.05, 0) is 29.5 Å². The van der Waals surface area contributed by atoms with Crippen molar-refractivity contribution < 1.29 is 14.0 Å². The highest BCUT2D eigenvalue weighted by Crippen LogP contribution is 2.20. The molecule has 132 valence electrons. The van der Waals surface area contributed by atoms with E-state index in [-0.39, 0.29) is 23.0 Å². The summed E-state index contributed by atoms with van der Waals surface area (Å²) in [4.78, 5) is 28.2. The fourth-order valence-corrected chi connectivity index (χ4v) is 2.87. The first kappa shape index (κ1) is 18.4. The summed E-state index contributed by atoms with van der Waals surface area (Å²) < 4.78 is 13.1. The largest absolute Gasteiger partial charge is 0.339 e. The second-order valence-corrected chi connectivity index (χ2v) is 7.63. The van der Waals surface area contributed by atoms with Crippen LogP contribution in [0.25, 0.3) is 0 Å². The molecule has 0 aromatic heterocycles. The lowest BCUT2D eigenvalue weighted by molar-refractivity contribution is -0.140. The molecule has 5 heteroatoms. The smallest absolute Gasteiger partial charge is 0.223 e. The molecule has 0 radical (unpaired) electrons. The van der Waals surface area contributed by atoms with Crippen LogP contribution in [0.2, 0.25) is 0 Å². The lowest BCUT2D eigenvalue weighted by atomic mass is 9.91. The van der Waals surface area contributed by atoms with Crippen molar-refractivity contribution in [1.29, 1.82) is 0 Å². The van der Waals surface area contributed by atoms with E-state index in [1.54, 1.807) is 11.0 Å². The molecule has 1 aliphatic heterocycles. The number of hydrogen-bond donors (Lipinski definition) is 0. The average Bonchev–Trinajstić information content (AvgIpc) is 2.51. The molecule has 1 fully saturated rings. The van der Waals surface area contributed by atoms with E-state index < -0.39 is 0 Å². The number of rotatable bonds is 4. The van der Waals surface area contributed by atoms with Gasteiger partial charge in [-0.15, -0.1) is 0 Å². The first-order chi connectivity index (χ1) is 11.2. The number of carbonyl (C=O) groups is 2. The highest BCUT2D eigenvalue weighted by molar-refractivity contribution is 5.79. The van der Waals surface area contributed by atoms with E-state index in [2.05, 4.69) is 20.8 Å². The van der Waals surface area contributed by atoms with Crippen molar-refractivity contribution >= 4 is 11.8 Å². The summed E-state index contributed by atoms with van der Waals surface area (Å²) in [6.45, 7) is 8.52. The quantitative estimate of drug-likeness (QED) is 0.849. The summed E-state index contributed by atoms with van der Waals surface area (Å²) in [7, 11) is 0.